The first-order valence-corrected chi connectivity index (χ1v) is 8.96. The number of rotatable bonds is 6. The summed E-state index contributed by atoms with van der Waals surface area (Å²) in [7, 11) is 0. The molecule has 1 fully saturated rings. The minimum atomic E-state index is -1.15. The number of hydrogen-bond acceptors (Lipinski definition) is 6. The van der Waals surface area contributed by atoms with Crippen LogP contribution in [0.25, 0.3) is 11.0 Å². The minimum absolute atomic E-state index is 0.217. The summed E-state index contributed by atoms with van der Waals surface area (Å²) in [5, 5.41) is 5.88. The summed E-state index contributed by atoms with van der Waals surface area (Å²) in [6.07, 6.45) is 2.83. The molecule has 0 N–H and O–H groups in total. The Kier molecular flexibility index (Phi) is 4.90. The highest BCUT2D eigenvalue weighted by Gasteiger charge is 2.47. The maximum Gasteiger partial charge on any atom is 0.249 e. The van der Waals surface area contributed by atoms with Crippen LogP contribution < -0.4 is 0 Å². The van der Waals surface area contributed by atoms with Crippen LogP contribution in [0.1, 0.15) is 12.7 Å². The second-order valence-electron chi connectivity index (χ2n) is 5.97. The molecule has 2 aromatic heterocycles. The molecule has 0 radical (unpaired) electrons. The number of aromatic nitrogens is 3. The van der Waals surface area contributed by atoms with Crippen molar-refractivity contribution < 1.29 is 18.6 Å². The number of fused-ring (bicyclic) bond motifs is 1. The minimum Gasteiger partial charge on any atom is -0.454 e. The number of benzene rings is 1. The van der Waals surface area contributed by atoms with E-state index in [1.165, 1.54) is 6.33 Å². The highest BCUT2D eigenvalue weighted by atomic mass is 35.5. The van der Waals surface area contributed by atoms with Gasteiger partial charge in [0.25, 0.3) is 0 Å². The van der Waals surface area contributed by atoms with Gasteiger partial charge in [-0.3, -0.25) is 0 Å². The normalized spacial score (nSPS) is 23.1. The van der Waals surface area contributed by atoms with Crippen LogP contribution in [0.2, 0.25) is 10.0 Å². The Morgan fingerprint density at radius 2 is 2.23 bits per heavy atom. The van der Waals surface area contributed by atoms with E-state index in [0.29, 0.717) is 41.2 Å². The first kappa shape index (κ1) is 17.8. The van der Waals surface area contributed by atoms with Gasteiger partial charge >= 0.3 is 0 Å². The molecule has 0 aliphatic carbocycles. The van der Waals surface area contributed by atoms with Gasteiger partial charge < -0.3 is 18.6 Å². The van der Waals surface area contributed by atoms with Crippen molar-refractivity contribution in [3.63, 3.8) is 0 Å². The summed E-state index contributed by atoms with van der Waals surface area (Å²) < 4.78 is 25.3. The molecule has 4 rings (SSSR count). The Balaban J connectivity index is 1.72. The van der Waals surface area contributed by atoms with Crippen molar-refractivity contribution in [2.45, 2.75) is 25.4 Å². The Morgan fingerprint density at radius 3 is 3.00 bits per heavy atom. The highest BCUT2D eigenvalue weighted by molar-refractivity contribution is 6.38. The number of halogens is 2. The first-order valence-electron chi connectivity index (χ1n) is 8.20. The smallest absolute Gasteiger partial charge is 0.249 e. The number of furan rings is 1. The van der Waals surface area contributed by atoms with E-state index in [0.717, 1.165) is 5.39 Å². The van der Waals surface area contributed by atoms with Crippen LogP contribution in [-0.4, -0.2) is 40.7 Å². The van der Waals surface area contributed by atoms with E-state index >= 15 is 0 Å². The Bertz CT molecular complexity index is 899. The van der Waals surface area contributed by atoms with Crippen LogP contribution in [0.15, 0.2) is 35.3 Å². The van der Waals surface area contributed by atoms with Gasteiger partial charge in [0.15, 0.2) is 11.3 Å². The maximum atomic E-state index is 6.26. The van der Waals surface area contributed by atoms with Gasteiger partial charge in [-0.2, -0.15) is 5.10 Å². The first-order chi connectivity index (χ1) is 12.6. The number of hydrogen-bond donors (Lipinski definition) is 0. The van der Waals surface area contributed by atoms with Gasteiger partial charge in [0.2, 0.25) is 5.79 Å². The molecule has 2 atom stereocenters. The molecule has 26 heavy (non-hydrogen) atoms. The molecule has 3 aromatic rings. The summed E-state index contributed by atoms with van der Waals surface area (Å²) in [6, 6.07) is 5.25. The molecule has 1 aliphatic heterocycles. The quantitative estimate of drug-likeness (QED) is 0.632. The van der Waals surface area contributed by atoms with Crippen molar-refractivity contribution in [3.8, 4) is 0 Å². The third-order valence-electron chi connectivity index (χ3n) is 4.12. The van der Waals surface area contributed by atoms with Crippen LogP contribution in [0.3, 0.4) is 0 Å². The van der Waals surface area contributed by atoms with Crippen molar-refractivity contribution in [1.82, 2.24) is 14.8 Å². The van der Waals surface area contributed by atoms with Gasteiger partial charge in [0, 0.05) is 17.0 Å². The third kappa shape index (κ3) is 3.33. The van der Waals surface area contributed by atoms with Gasteiger partial charge in [-0.15, -0.1) is 0 Å². The van der Waals surface area contributed by atoms with Crippen molar-refractivity contribution in [2.75, 3.05) is 19.8 Å². The Labute approximate surface area is 159 Å². The average molecular weight is 398 g/mol. The average Bonchev–Trinajstić information content (AvgIpc) is 3.33. The van der Waals surface area contributed by atoms with E-state index in [1.54, 1.807) is 23.1 Å². The topological polar surface area (TPSA) is 71.5 Å². The lowest BCUT2D eigenvalue weighted by Gasteiger charge is -2.25. The molecule has 0 bridgehead atoms. The van der Waals surface area contributed by atoms with E-state index in [2.05, 4.69) is 10.1 Å². The van der Waals surface area contributed by atoms with Gasteiger partial charge in [0.05, 0.1) is 18.2 Å². The molecule has 1 saturated heterocycles. The lowest BCUT2D eigenvalue weighted by molar-refractivity contribution is -0.203. The summed E-state index contributed by atoms with van der Waals surface area (Å²) in [4.78, 5) is 3.97. The second-order valence-corrected chi connectivity index (χ2v) is 6.82. The third-order valence-corrected chi connectivity index (χ3v) is 4.61. The zero-order valence-corrected chi connectivity index (χ0v) is 15.5. The van der Waals surface area contributed by atoms with E-state index < -0.39 is 5.79 Å². The van der Waals surface area contributed by atoms with Crippen LogP contribution in [0, 0.1) is 0 Å². The number of nitrogens with zero attached hydrogens (tertiary/aromatic N) is 3. The summed E-state index contributed by atoms with van der Waals surface area (Å²) in [5.41, 5.74) is 0.532. The predicted octanol–water partition coefficient (Wildman–Crippen LogP) is 3.64. The van der Waals surface area contributed by atoms with E-state index in [4.69, 9.17) is 41.8 Å². The highest BCUT2D eigenvalue weighted by Crippen LogP contribution is 2.40. The maximum absolute atomic E-state index is 6.26. The molecular weight excluding hydrogens is 381 g/mol. The SMILES string of the molecule is CCOC[C@H]1CO[C@@](Cn2cncn2)(c2cc3cc(Cl)cc(Cl)c3o2)O1. The van der Waals surface area contributed by atoms with Crippen molar-refractivity contribution in [2.24, 2.45) is 0 Å². The molecule has 0 saturated carbocycles. The van der Waals surface area contributed by atoms with Crippen LogP contribution >= 0.6 is 23.2 Å². The fraction of sp³-hybridized carbons (Fsp3) is 0.412. The fourth-order valence-electron chi connectivity index (χ4n) is 2.98. The molecule has 9 heteroatoms. The number of ether oxygens (including phenoxy) is 3. The zero-order chi connectivity index (χ0) is 18.1. The lowest BCUT2D eigenvalue weighted by atomic mass is 10.2. The van der Waals surface area contributed by atoms with E-state index in [-0.39, 0.29) is 12.6 Å². The van der Waals surface area contributed by atoms with E-state index in [1.807, 2.05) is 13.0 Å². The Morgan fingerprint density at radius 1 is 1.35 bits per heavy atom. The van der Waals surface area contributed by atoms with Gasteiger partial charge in [-0.05, 0) is 25.1 Å². The molecule has 7 nitrogen and oxygen atoms in total. The van der Waals surface area contributed by atoms with Gasteiger partial charge in [-0.1, -0.05) is 23.2 Å². The summed E-state index contributed by atoms with van der Waals surface area (Å²) in [6.45, 7) is 3.63. The van der Waals surface area contributed by atoms with Crippen LogP contribution in [0.5, 0.6) is 0 Å². The predicted molar refractivity (Wildman–Crippen MR) is 95.3 cm³/mol. The van der Waals surface area contributed by atoms with Gasteiger partial charge in [-0.25, -0.2) is 9.67 Å². The Hall–Kier alpha value is -1.64. The molecule has 1 aromatic carbocycles. The molecule has 0 unspecified atom stereocenters. The van der Waals surface area contributed by atoms with Crippen molar-refractivity contribution in [1.29, 1.82) is 0 Å². The molecule has 1 aliphatic rings. The summed E-state index contributed by atoms with van der Waals surface area (Å²) >= 11 is 12.4. The molecular formula is C17H17Cl2N3O4. The molecule has 3 heterocycles. The molecule has 0 amide bonds. The molecule has 0 spiro atoms. The van der Waals surface area contributed by atoms with E-state index in [9.17, 15) is 0 Å². The molecule has 138 valence electrons. The summed E-state index contributed by atoms with van der Waals surface area (Å²) in [5.74, 6) is -0.657. The fourth-order valence-corrected chi connectivity index (χ4v) is 3.53. The second kappa shape index (κ2) is 7.17. The van der Waals surface area contributed by atoms with Gasteiger partial charge in [0.1, 0.15) is 25.3 Å². The largest absolute Gasteiger partial charge is 0.454 e. The van der Waals surface area contributed by atoms with Crippen LogP contribution in [0.4, 0.5) is 0 Å². The standard InChI is InChI=1S/C17H17Cl2N3O4/c1-2-23-6-13-7-24-17(26-13,8-22-10-20-9-21-22)15-4-11-3-12(18)5-14(19)16(11)25-15/h3-5,9-10,13H,2,6-8H2,1H3/t13-,17+/m0/s1. The lowest BCUT2D eigenvalue weighted by Crippen LogP contribution is -2.34. The van der Waals surface area contributed by atoms with Crippen molar-refractivity contribution in [3.05, 3.63) is 46.7 Å². The van der Waals surface area contributed by atoms with Crippen LogP contribution in [-0.2, 0) is 26.5 Å². The van der Waals surface area contributed by atoms with Crippen molar-refractivity contribution >= 4 is 34.2 Å². The zero-order valence-electron chi connectivity index (χ0n) is 14.0. The monoisotopic (exact) mass is 397 g/mol.